The number of aliphatic hydroxyl groups excluding tert-OH is 1. The molecule has 1 amide bonds. The van der Waals surface area contributed by atoms with E-state index >= 15 is 0 Å². The van der Waals surface area contributed by atoms with Crippen LogP contribution in [0.25, 0.3) is 10.9 Å². The second-order valence-electron chi connectivity index (χ2n) is 6.00. The molecule has 0 fully saturated rings. The van der Waals surface area contributed by atoms with Gasteiger partial charge in [-0.1, -0.05) is 18.2 Å². The van der Waals surface area contributed by atoms with E-state index in [1.54, 1.807) is 25.1 Å². The molecule has 3 aromatic rings. The van der Waals surface area contributed by atoms with Crippen LogP contribution in [-0.4, -0.2) is 48.3 Å². The molecule has 6 N–H and O–H groups in total. The lowest BCUT2D eigenvalue weighted by molar-refractivity contribution is -0.139. The van der Waals surface area contributed by atoms with Crippen LogP contribution in [0.5, 0.6) is 0 Å². The van der Waals surface area contributed by atoms with Crippen molar-refractivity contribution in [3.63, 3.8) is 0 Å². The van der Waals surface area contributed by atoms with Crippen molar-refractivity contribution in [1.29, 1.82) is 0 Å². The highest BCUT2D eigenvalue weighted by Crippen LogP contribution is 2.23. The van der Waals surface area contributed by atoms with Crippen molar-refractivity contribution < 1.29 is 19.8 Å². The lowest BCUT2D eigenvalue weighted by atomic mass is 9.99. The Morgan fingerprint density at radius 2 is 2.07 bits per heavy atom. The third kappa shape index (κ3) is 3.85. The highest BCUT2D eigenvalue weighted by Gasteiger charge is 2.24. The number of carboxylic acids is 1. The number of hydrogen-bond acceptors (Lipinski definition) is 7. The quantitative estimate of drug-likeness (QED) is 0.409. The third-order valence-corrected chi connectivity index (χ3v) is 4.05. The number of fused-ring (bicyclic) bond motifs is 1. The van der Waals surface area contributed by atoms with Crippen molar-refractivity contribution in [3.8, 4) is 0 Å². The molecule has 10 nitrogen and oxygen atoms in total. The maximum Gasteiger partial charge on any atom is 0.326 e. The van der Waals surface area contributed by atoms with E-state index < -0.39 is 17.9 Å². The molecular formula is C17H18N6O4. The van der Waals surface area contributed by atoms with Crippen LogP contribution in [0.4, 0.5) is 5.95 Å². The summed E-state index contributed by atoms with van der Waals surface area (Å²) in [6, 6.07) is 5.87. The number of nitrogens with one attached hydrogen (secondary N) is 2. The lowest BCUT2D eigenvalue weighted by Crippen LogP contribution is -2.42. The first-order valence-electron chi connectivity index (χ1n) is 8.09. The van der Waals surface area contributed by atoms with Crippen LogP contribution in [0.2, 0.25) is 0 Å². The van der Waals surface area contributed by atoms with Crippen molar-refractivity contribution in [2.45, 2.75) is 26.0 Å². The number of anilines is 1. The van der Waals surface area contributed by atoms with E-state index in [1.807, 2.05) is 6.07 Å². The number of carbonyl (C=O) groups is 2. The first-order chi connectivity index (χ1) is 12.9. The van der Waals surface area contributed by atoms with Crippen LogP contribution in [0.3, 0.4) is 0 Å². The number of aryl methyl sites for hydroxylation is 1. The maximum atomic E-state index is 12.2. The number of para-hydroxylation sites is 1. The van der Waals surface area contributed by atoms with Gasteiger partial charge >= 0.3 is 5.97 Å². The van der Waals surface area contributed by atoms with Gasteiger partial charge in [-0.15, -0.1) is 5.10 Å². The van der Waals surface area contributed by atoms with Gasteiger partial charge in [0.1, 0.15) is 6.04 Å². The van der Waals surface area contributed by atoms with Gasteiger partial charge in [0, 0.05) is 17.5 Å². The normalized spacial score (nSPS) is 12.1. The van der Waals surface area contributed by atoms with Gasteiger partial charge in [-0.3, -0.25) is 14.9 Å². The van der Waals surface area contributed by atoms with Crippen molar-refractivity contribution in [3.05, 3.63) is 46.9 Å². The molecule has 0 saturated carbocycles. The molecule has 140 valence electrons. The molecule has 1 atom stereocenters. The average molecular weight is 370 g/mol. The van der Waals surface area contributed by atoms with E-state index in [4.69, 9.17) is 5.73 Å². The molecular weight excluding hydrogens is 352 g/mol. The minimum absolute atomic E-state index is 0.00333. The largest absolute Gasteiger partial charge is 0.480 e. The summed E-state index contributed by atoms with van der Waals surface area (Å²) in [6.45, 7) is 1.63. The predicted octanol–water partition coefficient (Wildman–Crippen LogP) is 0.162. The van der Waals surface area contributed by atoms with Crippen molar-refractivity contribution in [2.75, 3.05) is 5.73 Å². The number of hydrogen-bond donors (Lipinski definition) is 5. The standard InChI is InChI=1S/C17H18N6O4/c1-8-5-10(7-24)11-4-2-3-9(13(11)19-8)6-12(16(26)27)20-15(25)14-21-17(18)23-22-14/h2-5,12,24H,6-7H2,1H3,(H,20,25)(H,26,27)(H3,18,21,22,23)/t12-/m0/s1. The number of aromatic nitrogens is 4. The number of nitrogen functional groups attached to an aromatic ring is 1. The molecule has 1 aromatic carbocycles. The van der Waals surface area contributed by atoms with Crippen LogP contribution in [0.1, 0.15) is 27.4 Å². The van der Waals surface area contributed by atoms with E-state index in [2.05, 4.69) is 25.5 Å². The second-order valence-corrected chi connectivity index (χ2v) is 6.00. The van der Waals surface area contributed by atoms with Gasteiger partial charge in [0.15, 0.2) is 0 Å². The number of nitrogens with zero attached hydrogens (tertiary/aromatic N) is 3. The number of benzene rings is 1. The molecule has 0 radical (unpaired) electrons. The zero-order valence-electron chi connectivity index (χ0n) is 14.4. The summed E-state index contributed by atoms with van der Waals surface area (Å²) < 4.78 is 0. The molecule has 0 bridgehead atoms. The molecule has 0 aliphatic carbocycles. The molecule has 0 spiro atoms. The Morgan fingerprint density at radius 3 is 2.70 bits per heavy atom. The Bertz CT molecular complexity index is 1020. The molecule has 27 heavy (non-hydrogen) atoms. The number of carboxylic acid groups (broad SMARTS) is 1. The van der Waals surface area contributed by atoms with Crippen molar-refractivity contribution in [2.24, 2.45) is 0 Å². The minimum atomic E-state index is -1.21. The molecule has 0 aliphatic heterocycles. The van der Waals surface area contributed by atoms with E-state index in [9.17, 15) is 19.8 Å². The molecule has 2 heterocycles. The van der Waals surface area contributed by atoms with E-state index in [0.717, 1.165) is 5.39 Å². The number of amides is 1. The zero-order chi connectivity index (χ0) is 19.6. The van der Waals surface area contributed by atoms with E-state index in [1.165, 1.54) is 0 Å². The number of aromatic amines is 1. The van der Waals surface area contributed by atoms with Crippen molar-refractivity contribution in [1.82, 2.24) is 25.5 Å². The van der Waals surface area contributed by atoms with Crippen LogP contribution in [0.15, 0.2) is 24.3 Å². The number of pyridine rings is 1. The third-order valence-electron chi connectivity index (χ3n) is 4.05. The summed E-state index contributed by atoms with van der Waals surface area (Å²) in [5, 5.41) is 28.1. The molecule has 10 heteroatoms. The molecule has 0 saturated heterocycles. The van der Waals surface area contributed by atoms with Crippen LogP contribution < -0.4 is 11.1 Å². The fourth-order valence-electron chi connectivity index (χ4n) is 2.84. The zero-order valence-corrected chi connectivity index (χ0v) is 14.4. The average Bonchev–Trinajstić information content (AvgIpc) is 3.07. The van der Waals surface area contributed by atoms with Gasteiger partial charge in [0.25, 0.3) is 5.91 Å². The molecule has 3 rings (SSSR count). The number of aliphatic hydroxyl groups is 1. The summed E-state index contributed by atoms with van der Waals surface area (Å²) in [6.07, 6.45) is 0.00333. The Balaban J connectivity index is 1.92. The van der Waals surface area contributed by atoms with Crippen molar-refractivity contribution >= 4 is 28.7 Å². The smallest absolute Gasteiger partial charge is 0.326 e. The van der Waals surface area contributed by atoms with E-state index in [-0.39, 0.29) is 24.8 Å². The van der Waals surface area contributed by atoms with Gasteiger partial charge in [-0.25, -0.2) is 4.79 Å². The topological polar surface area (TPSA) is 167 Å². The van der Waals surface area contributed by atoms with Gasteiger partial charge in [-0.05, 0) is 24.1 Å². The molecule has 2 aromatic heterocycles. The van der Waals surface area contributed by atoms with Crippen LogP contribution >= 0.6 is 0 Å². The summed E-state index contributed by atoms with van der Waals surface area (Å²) >= 11 is 0. The number of H-pyrrole nitrogens is 1. The summed E-state index contributed by atoms with van der Waals surface area (Å²) in [5.41, 5.74) is 7.98. The van der Waals surface area contributed by atoms with Crippen LogP contribution in [0, 0.1) is 6.92 Å². The van der Waals surface area contributed by atoms with E-state index in [0.29, 0.717) is 22.3 Å². The Labute approximate surface area is 153 Å². The molecule has 0 unspecified atom stereocenters. The highest BCUT2D eigenvalue weighted by molar-refractivity contribution is 5.94. The lowest BCUT2D eigenvalue weighted by Gasteiger charge is -2.16. The summed E-state index contributed by atoms with van der Waals surface area (Å²) in [5.74, 6) is -2.22. The number of rotatable bonds is 6. The number of carbonyl (C=O) groups excluding carboxylic acids is 1. The fourth-order valence-corrected chi connectivity index (χ4v) is 2.84. The Hall–Kier alpha value is -3.53. The summed E-state index contributed by atoms with van der Waals surface area (Å²) in [7, 11) is 0. The maximum absolute atomic E-state index is 12.2. The second kappa shape index (κ2) is 7.38. The SMILES string of the molecule is Cc1cc(CO)c2cccc(C[C@H](NC(=O)c3nc(N)n[nH]3)C(=O)O)c2n1. The first-order valence-corrected chi connectivity index (χ1v) is 8.09. The Kier molecular flexibility index (Phi) is 4.99. The van der Waals surface area contributed by atoms with Gasteiger partial charge < -0.3 is 21.3 Å². The number of aliphatic carboxylic acids is 1. The fraction of sp³-hybridized carbons (Fsp3) is 0.235. The van der Waals surface area contributed by atoms with Gasteiger partial charge in [0.05, 0.1) is 12.1 Å². The highest BCUT2D eigenvalue weighted by atomic mass is 16.4. The molecule has 0 aliphatic rings. The predicted molar refractivity (Wildman–Crippen MR) is 95.8 cm³/mol. The first kappa shape index (κ1) is 18.3. The minimum Gasteiger partial charge on any atom is -0.480 e. The Morgan fingerprint density at radius 1 is 1.30 bits per heavy atom. The summed E-state index contributed by atoms with van der Waals surface area (Å²) in [4.78, 5) is 32.0. The van der Waals surface area contributed by atoms with Gasteiger partial charge in [0.2, 0.25) is 11.8 Å². The van der Waals surface area contributed by atoms with Gasteiger partial charge in [-0.2, -0.15) is 4.98 Å². The monoisotopic (exact) mass is 370 g/mol. The van der Waals surface area contributed by atoms with Crippen LogP contribution in [-0.2, 0) is 17.8 Å². The number of nitrogens with two attached hydrogens (primary N) is 1.